The van der Waals surface area contributed by atoms with Gasteiger partial charge in [0.1, 0.15) is 17.5 Å². The molecule has 2 rings (SSSR count). The van der Waals surface area contributed by atoms with E-state index in [0.717, 1.165) is 13.0 Å². The number of hydrogen-bond donors (Lipinski definition) is 2. The standard InChI is InChI=1S/C11H13N7/c1-2-3-16-11-8(6-12)10(13)18(17-11)9-7-14-4-5-15-9/h4-5,7H,2-3,13H2,1H3,(H,16,17). The van der Waals surface area contributed by atoms with Crippen molar-refractivity contribution in [3.8, 4) is 11.9 Å². The first kappa shape index (κ1) is 11.9. The van der Waals surface area contributed by atoms with E-state index in [1.165, 1.54) is 10.9 Å². The molecule has 2 heterocycles. The molecule has 2 aromatic rings. The Bertz CT molecular complexity index is 567. The second-order valence-electron chi connectivity index (χ2n) is 3.62. The fourth-order valence-corrected chi connectivity index (χ4v) is 1.48. The van der Waals surface area contributed by atoms with Gasteiger partial charge in [0, 0.05) is 18.9 Å². The first-order valence-electron chi connectivity index (χ1n) is 5.56. The van der Waals surface area contributed by atoms with Gasteiger partial charge >= 0.3 is 0 Å². The Balaban J connectivity index is 2.44. The third kappa shape index (κ3) is 2.08. The predicted molar refractivity (Wildman–Crippen MR) is 67.1 cm³/mol. The van der Waals surface area contributed by atoms with Crippen LogP contribution in [0, 0.1) is 11.3 Å². The molecule has 0 radical (unpaired) electrons. The van der Waals surface area contributed by atoms with E-state index in [4.69, 9.17) is 11.0 Å². The maximum atomic E-state index is 9.10. The van der Waals surface area contributed by atoms with Crippen molar-refractivity contribution in [1.29, 1.82) is 5.26 Å². The Labute approximate surface area is 104 Å². The lowest BCUT2D eigenvalue weighted by Gasteiger charge is -2.00. The Morgan fingerprint density at radius 3 is 2.94 bits per heavy atom. The molecule has 92 valence electrons. The van der Waals surface area contributed by atoms with Crippen molar-refractivity contribution in [1.82, 2.24) is 19.7 Å². The third-order valence-corrected chi connectivity index (χ3v) is 2.34. The summed E-state index contributed by atoms with van der Waals surface area (Å²) in [6.07, 6.45) is 5.57. The van der Waals surface area contributed by atoms with Crippen molar-refractivity contribution in [3.05, 3.63) is 24.2 Å². The Hall–Kier alpha value is -2.62. The Kier molecular flexibility index (Phi) is 3.38. The van der Waals surface area contributed by atoms with Gasteiger partial charge in [0.2, 0.25) is 0 Å². The summed E-state index contributed by atoms with van der Waals surface area (Å²) < 4.78 is 1.41. The molecule has 0 unspecified atom stereocenters. The number of aromatic nitrogens is 4. The van der Waals surface area contributed by atoms with E-state index in [1.54, 1.807) is 12.4 Å². The number of nitriles is 1. The van der Waals surface area contributed by atoms with E-state index < -0.39 is 0 Å². The minimum Gasteiger partial charge on any atom is -0.382 e. The van der Waals surface area contributed by atoms with Crippen molar-refractivity contribution in [2.24, 2.45) is 0 Å². The summed E-state index contributed by atoms with van der Waals surface area (Å²) >= 11 is 0. The van der Waals surface area contributed by atoms with Crippen molar-refractivity contribution < 1.29 is 0 Å². The zero-order valence-corrected chi connectivity index (χ0v) is 9.96. The van der Waals surface area contributed by atoms with Gasteiger partial charge in [-0.25, -0.2) is 4.98 Å². The summed E-state index contributed by atoms with van der Waals surface area (Å²) in [7, 11) is 0. The third-order valence-electron chi connectivity index (χ3n) is 2.34. The molecule has 0 aromatic carbocycles. The Morgan fingerprint density at radius 2 is 2.33 bits per heavy atom. The molecule has 0 amide bonds. The average molecular weight is 243 g/mol. The normalized spacial score (nSPS) is 10.0. The van der Waals surface area contributed by atoms with Crippen LogP contribution in [0.3, 0.4) is 0 Å². The van der Waals surface area contributed by atoms with Gasteiger partial charge in [-0.15, -0.1) is 5.10 Å². The fourth-order valence-electron chi connectivity index (χ4n) is 1.48. The van der Waals surface area contributed by atoms with Gasteiger partial charge < -0.3 is 11.1 Å². The summed E-state index contributed by atoms with van der Waals surface area (Å²) in [4.78, 5) is 8.05. The number of anilines is 2. The number of nitrogens with zero attached hydrogens (tertiary/aromatic N) is 5. The number of hydrogen-bond acceptors (Lipinski definition) is 6. The molecule has 0 bridgehead atoms. The zero-order valence-electron chi connectivity index (χ0n) is 9.96. The highest BCUT2D eigenvalue weighted by atomic mass is 15.4. The van der Waals surface area contributed by atoms with Crippen LogP contribution in [0.15, 0.2) is 18.6 Å². The van der Waals surface area contributed by atoms with E-state index in [9.17, 15) is 0 Å². The quantitative estimate of drug-likeness (QED) is 0.827. The molecule has 0 fully saturated rings. The van der Waals surface area contributed by atoms with Crippen LogP contribution in [0.1, 0.15) is 18.9 Å². The van der Waals surface area contributed by atoms with Crippen LogP contribution in [0.4, 0.5) is 11.6 Å². The minimum atomic E-state index is 0.261. The van der Waals surface area contributed by atoms with Crippen LogP contribution in [-0.2, 0) is 0 Å². The van der Waals surface area contributed by atoms with Crippen LogP contribution in [0.2, 0.25) is 0 Å². The molecule has 2 aromatic heterocycles. The predicted octanol–water partition coefficient (Wildman–Crippen LogP) is 0.938. The molecule has 0 atom stereocenters. The van der Waals surface area contributed by atoms with Gasteiger partial charge in [0.15, 0.2) is 11.6 Å². The van der Waals surface area contributed by atoms with Gasteiger partial charge in [-0.2, -0.15) is 9.94 Å². The SMILES string of the molecule is CCCNc1nn(-c2cnccn2)c(N)c1C#N. The highest BCUT2D eigenvalue weighted by Gasteiger charge is 2.16. The molecule has 0 aliphatic rings. The van der Waals surface area contributed by atoms with E-state index in [-0.39, 0.29) is 5.82 Å². The molecule has 7 nitrogen and oxygen atoms in total. The van der Waals surface area contributed by atoms with E-state index in [2.05, 4.69) is 20.4 Å². The molecule has 3 N–H and O–H groups in total. The monoisotopic (exact) mass is 243 g/mol. The molecule has 0 saturated carbocycles. The number of rotatable bonds is 4. The van der Waals surface area contributed by atoms with Gasteiger partial charge in [-0.05, 0) is 6.42 Å². The average Bonchev–Trinajstić information content (AvgIpc) is 2.73. The van der Waals surface area contributed by atoms with Gasteiger partial charge in [-0.1, -0.05) is 6.92 Å². The van der Waals surface area contributed by atoms with Crippen LogP contribution in [0.25, 0.3) is 5.82 Å². The van der Waals surface area contributed by atoms with E-state index in [1.807, 2.05) is 13.0 Å². The van der Waals surface area contributed by atoms with Crippen LogP contribution in [-0.4, -0.2) is 26.3 Å². The number of nitrogens with one attached hydrogen (secondary N) is 1. The molecule has 7 heteroatoms. The smallest absolute Gasteiger partial charge is 0.174 e. The molecule has 0 saturated heterocycles. The summed E-state index contributed by atoms with van der Waals surface area (Å²) in [6, 6.07) is 2.04. The summed E-state index contributed by atoms with van der Waals surface area (Å²) in [5, 5.41) is 16.4. The van der Waals surface area contributed by atoms with Crippen molar-refractivity contribution >= 4 is 11.6 Å². The molecular formula is C11H13N7. The second-order valence-corrected chi connectivity index (χ2v) is 3.62. The lowest BCUT2D eigenvalue weighted by atomic mass is 10.3. The van der Waals surface area contributed by atoms with E-state index in [0.29, 0.717) is 17.2 Å². The maximum absolute atomic E-state index is 9.10. The van der Waals surface area contributed by atoms with Gasteiger partial charge in [0.25, 0.3) is 0 Å². The molecule has 0 spiro atoms. The first-order chi connectivity index (χ1) is 8.77. The zero-order chi connectivity index (χ0) is 13.0. The Morgan fingerprint density at radius 1 is 1.50 bits per heavy atom. The highest BCUT2D eigenvalue weighted by molar-refractivity contribution is 5.65. The highest BCUT2D eigenvalue weighted by Crippen LogP contribution is 2.22. The van der Waals surface area contributed by atoms with Crippen LogP contribution in [0.5, 0.6) is 0 Å². The van der Waals surface area contributed by atoms with Crippen LogP contribution >= 0.6 is 0 Å². The molecule has 0 aliphatic carbocycles. The van der Waals surface area contributed by atoms with Gasteiger partial charge in [-0.3, -0.25) is 4.98 Å². The number of nitrogen functional groups attached to an aromatic ring is 1. The van der Waals surface area contributed by atoms with Crippen molar-refractivity contribution in [2.75, 3.05) is 17.6 Å². The largest absolute Gasteiger partial charge is 0.382 e. The summed E-state index contributed by atoms with van der Waals surface area (Å²) in [5.41, 5.74) is 6.22. The maximum Gasteiger partial charge on any atom is 0.174 e. The topological polar surface area (TPSA) is 105 Å². The summed E-state index contributed by atoms with van der Waals surface area (Å²) in [5.74, 6) is 1.22. The van der Waals surface area contributed by atoms with E-state index >= 15 is 0 Å². The molecule has 18 heavy (non-hydrogen) atoms. The first-order valence-corrected chi connectivity index (χ1v) is 5.56. The second kappa shape index (κ2) is 5.14. The fraction of sp³-hybridized carbons (Fsp3) is 0.273. The molecule has 0 aliphatic heterocycles. The van der Waals surface area contributed by atoms with Crippen molar-refractivity contribution in [2.45, 2.75) is 13.3 Å². The van der Waals surface area contributed by atoms with Crippen LogP contribution < -0.4 is 11.1 Å². The lowest BCUT2D eigenvalue weighted by molar-refractivity contribution is 0.843. The number of nitrogens with two attached hydrogens (primary N) is 1. The molecular weight excluding hydrogens is 230 g/mol. The lowest BCUT2D eigenvalue weighted by Crippen LogP contribution is -2.05. The summed E-state index contributed by atoms with van der Waals surface area (Å²) in [6.45, 7) is 2.76. The minimum absolute atomic E-state index is 0.261. The van der Waals surface area contributed by atoms with Gasteiger partial charge in [0.05, 0.1) is 6.20 Å². The van der Waals surface area contributed by atoms with Crippen molar-refractivity contribution in [3.63, 3.8) is 0 Å².